The van der Waals surface area contributed by atoms with Crippen molar-refractivity contribution >= 4 is 12.6 Å². The molecule has 4 aromatic carbocycles. The molecule has 29 heavy (non-hydrogen) atoms. The minimum Gasteiger partial charge on any atom is -0.298 e. The van der Waals surface area contributed by atoms with Crippen LogP contribution in [0.4, 0.5) is 0 Å². The van der Waals surface area contributed by atoms with Crippen molar-refractivity contribution in [3.8, 4) is 11.1 Å². The molecule has 0 radical (unpaired) electrons. The molecule has 0 fully saturated rings. The fourth-order valence-corrected chi connectivity index (χ4v) is 4.67. The zero-order chi connectivity index (χ0) is 19.8. The van der Waals surface area contributed by atoms with Crippen molar-refractivity contribution in [3.63, 3.8) is 0 Å². The summed E-state index contributed by atoms with van der Waals surface area (Å²) in [5.74, 6) is 0. The van der Waals surface area contributed by atoms with E-state index < -0.39 is 5.41 Å². The van der Waals surface area contributed by atoms with Crippen LogP contribution in [-0.4, -0.2) is 12.6 Å². The second-order valence-corrected chi connectivity index (χ2v) is 7.33. The highest BCUT2D eigenvalue weighted by Gasteiger charge is 2.46. The minimum atomic E-state index is -0.592. The molecule has 0 amide bonds. The second-order valence-electron chi connectivity index (χ2n) is 7.33. The van der Waals surface area contributed by atoms with Crippen LogP contribution in [0.15, 0.2) is 97.1 Å². The van der Waals surface area contributed by atoms with E-state index in [-0.39, 0.29) is 0 Å². The summed E-state index contributed by atoms with van der Waals surface area (Å²) in [5, 5.41) is 0. The predicted octanol–water partition coefficient (Wildman–Crippen LogP) is 5.67. The van der Waals surface area contributed by atoms with Crippen molar-refractivity contribution in [2.75, 3.05) is 0 Å². The van der Waals surface area contributed by atoms with Gasteiger partial charge in [-0.25, -0.2) is 0 Å². The van der Waals surface area contributed by atoms with Crippen molar-refractivity contribution in [2.24, 2.45) is 0 Å². The number of carbonyl (C=O) groups is 2. The van der Waals surface area contributed by atoms with Gasteiger partial charge in [-0.05, 0) is 45.5 Å². The van der Waals surface area contributed by atoms with Gasteiger partial charge >= 0.3 is 0 Å². The molecule has 0 N–H and O–H groups in total. The van der Waals surface area contributed by atoms with Crippen LogP contribution in [0.25, 0.3) is 11.1 Å². The molecule has 138 valence electrons. The summed E-state index contributed by atoms with van der Waals surface area (Å²) >= 11 is 0. The van der Waals surface area contributed by atoms with Gasteiger partial charge in [0.05, 0.1) is 5.41 Å². The third kappa shape index (κ3) is 2.43. The van der Waals surface area contributed by atoms with Crippen LogP contribution in [0.1, 0.15) is 43.0 Å². The molecule has 0 unspecified atom stereocenters. The molecule has 2 nitrogen and oxygen atoms in total. The maximum absolute atomic E-state index is 11.6. The zero-order valence-corrected chi connectivity index (χ0v) is 15.7. The Morgan fingerprint density at radius 3 is 1.31 bits per heavy atom. The first kappa shape index (κ1) is 17.3. The van der Waals surface area contributed by atoms with Crippen molar-refractivity contribution in [3.05, 3.63) is 130 Å². The summed E-state index contributed by atoms with van der Waals surface area (Å²) in [4.78, 5) is 23.2. The Morgan fingerprint density at radius 2 is 0.931 bits per heavy atom. The fourth-order valence-electron chi connectivity index (χ4n) is 4.67. The van der Waals surface area contributed by atoms with Gasteiger partial charge in [0.25, 0.3) is 0 Å². The first-order valence-corrected chi connectivity index (χ1v) is 9.60. The van der Waals surface area contributed by atoms with E-state index >= 15 is 0 Å². The molecular weight excluding hydrogens is 356 g/mol. The summed E-state index contributed by atoms with van der Waals surface area (Å²) in [5.41, 5.74) is 7.23. The van der Waals surface area contributed by atoms with E-state index in [2.05, 4.69) is 24.3 Å². The average Bonchev–Trinajstić information content (AvgIpc) is 3.09. The SMILES string of the molecule is O=Cc1ccc2c(c1)C(c1ccccc1)(c1ccccc1)c1cc(C=O)ccc1-2. The van der Waals surface area contributed by atoms with Crippen LogP contribution in [0.2, 0.25) is 0 Å². The molecule has 1 aliphatic rings. The Bertz CT molecular complexity index is 1130. The fraction of sp³-hybridized carbons (Fsp3) is 0.0370. The largest absolute Gasteiger partial charge is 0.298 e. The standard InChI is InChI=1S/C27H18O2/c28-17-19-11-13-23-24-14-12-20(18-29)16-26(24)27(25(23)15-19,21-7-3-1-4-8-21)22-9-5-2-6-10-22/h1-18H. The van der Waals surface area contributed by atoms with Gasteiger partial charge in [0.2, 0.25) is 0 Å². The number of rotatable bonds is 4. The molecule has 0 atom stereocenters. The molecule has 4 aromatic rings. The lowest BCUT2D eigenvalue weighted by atomic mass is 9.67. The van der Waals surface area contributed by atoms with Crippen LogP contribution in [0, 0.1) is 0 Å². The lowest BCUT2D eigenvalue weighted by Crippen LogP contribution is -2.28. The van der Waals surface area contributed by atoms with Crippen molar-refractivity contribution in [2.45, 2.75) is 5.41 Å². The van der Waals surface area contributed by atoms with E-state index in [0.29, 0.717) is 11.1 Å². The molecule has 1 aliphatic carbocycles. The Kier molecular flexibility index (Phi) is 3.99. The summed E-state index contributed by atoms with van der Waals surface area (Å²) < 4.78 is 0. The summed E-state index contributed by atoms with van der Waals surface area (Å²) in [7, 11) is 0. The molecule has 0 saturated heterocycles. The lowest BCUT2D eigenvalue weighted by molar-refractivity contribution is 0.111. The first-order chi connectivity index (χ1) is 14.3. The quantitative estimate of drug-likeness (QED) is 0.380. The third-order valence-electron chi connectivity index (χ3n) is 5.87. The minimum absolute atomic E-state index is 0.592. The summed E-state index contributed by atoms with van der Waals surface area (Å²) in [6.07, 6.45) is 1.78. The van der Waals surface area contributed by atoms with Gasteiger partial charge < -0.3 is 0 Å². The topological polar surface area (TPSA) is 34.1 Å². The van der Waals surface area contributed by atoms with Crippen molar-refractivity contribution in [1.29, 1.82) is 0 Å². The van der Waals surface area contributed by atoms with Crippen LogP contribution >= 0.6 is 0 Å². The van der Waals surface area contributed by atoms with Crippen LogP contribution < -0.4 is 0 Å². The van der Waals surface area contributed by atoms with Gasteiger partial charge in [-0.15, -0.1) is 0 Å². The molecule has 2 heteroatoms. The zero-order valence-electron chi connectivity index (χ0n) is 15.7. The van der Waals surface area contributed by atoms with Gasteiger partial charge in [-0.3, -0.25) is 9.59 Å². The monoisotopic (exact) mass is 374 g/mol. The van der Waals surface area contributed by atoms with E-state index in [1.54, 1.807) is 0 Å². The Balaban J connectivity index is 1.99. The average molecular weight is 374 g/mol. The van der Waals surface area contributed by atoms with E-state index in [9.17, 15) is 9.59 Å². The normalized spacial score (nSPS) is 13.4. The molecule has 0 aromatic heterocycles. The third-order valence-corrected chi connectivity index (χ3v) is 5.87. The molecule has 5 rings (SSSR count). The maximum atomic E-state index is 11.6. The number of hydrogen-bond donors (Lipinski definition) is 0. The van der Waals surface area contributed by atoms with Crippen LogP contribution in [0.3, 0.4) is 0 Å². The number of aldehydes is 2. The number of fused-ring (bicyclic) bond motifs is 3. The van der Waals surface area contributed by atoms with Gasteiger partial charge in [-0.1, -0.05) is 84.9 Å². The Morgan fingerprint density at radius 1 is 0.517 bits per heavy atom. The Hall–Kier alpha value is -3.78. The van der Waals surface area contributed by atoms with E-state index in [4.69, 9.17) is 0 Å². The Labute approximate surface area is 169 Å². The van der Waals surface area contributed by atoms with Gasteiger partial charge in [0, 0.05) is 11.1 Å². The van der Waals surface area contributed by atoms with Crippen LogP contribution in [-0.2, 0) is 5.41 Å². The maximum Gasteiger partial charge on any atom is 0.150 e. The smallest absolute Gasteiger partial charge is 0.150 e. The predicted molar refractivity (Wildman–Crippen MR) is 115 cm³/mol. The molecule has 0 spiro atoms. The first-order valence-electron chi connectivity index (χ1n) is 9.60. The number of benzene rings is 4. The van der Waals surface area contributed by atoms with Gasteiger partial charge in [0.15, 0.2) is 0 Å². The number of hydrogen-bond acceptors (Lipinski definition) is 2. The molecule has 0 aliphatic heterocycles. The van der Waals surface area contributed by atoms with Gasteiger partial charge in [-0.2, -0.15) is 0 Å². The lowest BCUT2D eigenvalue weighted by Gasteiger charge is -2.34. The van der Waals surface area contributed by atoms with E-state index in [1.807, 2.05) is 72.8 Å². The van der Waals surface area contributed by atoms with Crippen molar-refractivity contribution in [1.82, 2.24) is 0 Å². The second kappa shape index (κ2) is 6.68. The van der Waals surface area contributed by atoms with E-state index in [0.717, 1.165) is 46.0 Å². The highest BCUT2D eigenvalue weighted by atomic mass is 16.1. The molecule has 0 heterocycles. The molecular formula is C27H18O2. The van der Waals surface area contributed by atoms with Crippen LogP contribution in [0.5, 0.6) is 0 Å². The summed E-state index contributed by atoms with van der Waals surface area (Å²) in [6, 6.07) is 32.3. The highest BCUT2D eigenvalue weighted by Crippen LogP contribution is 2.56. The van der Waals surface area contributed by atoms with Crippen molar-refractivity contribution < 1.29 is 9.59 Å². The van der Waals surface area contributed by atoms with E-state index in [1.165, 1.54) is 0 Å². The summed E-state index contributed by atoms with van der Waals surface area (Å²) in [6.45, 7) is 0. The number of carbonyl (C=O) groups excluding carboxylic acids is 2. The van der Waals surface area contributed by atoms with Gasteiger partial charge in [0.1, 0.15) is 12.6 Å². The molecule has 0 bridgehead atoms. The highest BCUT2D eigenvalue weighted by molar-refractivity contribution is 5.91. The molecule has 0 saturated carbocycles.